The summed E-state index contributed by atoms with van der Waals surface area (Å²) in [4.78, 5) is 0. The smallest absolute Gasteiger partial charge is 0.115 e. The van der Waals surface area contributed by atoms with Gasteiger partial charge in [-0.15, -0.1) is 0 Å². The van der Waals surface area contributed by atoms with Crippen LogP contribution < -0.4 is 0 Å². The number of hydrogen-bond donors (Lipinski definition) is 1. The Labute approximate surface area is 74.5 Å². The molecule has 1 heteroatoms. The molecule has 1 atom stereocenters. The number of hydrogen-bond acceptors (Lipinski definition) is 1. The van der Waals surface area contributed by atoms with E-state index in [1.807, 2.05) is 0 Å². The van der Waals surface area contributed by atoms with Crippen LogP contribution in [0.1, 0.15) is 26.2 Å². The van der Waals surface area contributed by atoms with Crippen LogP contribution in [0.3, 0.4) is 0 Å². The summed E-state index contributed by atoms with van der Waals surface area (Å²) in [5.41, 5.74) is 0. The van der Waals surface area contributed by atoms with Crippen molar-refractivity contribution in [2.45, 2.75) is 32.3 Å². The lowest BCUT2D eigenvalue weighted by atomic mass is 10.2. The molecule has 1 nitrogen and oxygen atoms in total. The van der Waals surface area contributed by atoms with E-state index < -0.39 is 6.10 Å². The predicted octanol–water partition coefficient (Wildman–Crippen LogP) is 1.73. The second-order valence-electron chi connectivity index (χ2n) is 2.40. The first-order chi connectivity index (χ1) is 5.81. The maximum Gasteiger partial charge on any atom is 0.115 e. The fourth-order valence-corrected chi connectivity index (χ4v) is 0.676. The molecule has 12 heavy (non-hydrogen) atoms. The van der Waals surface area contributed by atoms with Crippen LogP contribution in [0.25, 0.3) is 0 Å². The van der Waals surface area contributed by atoms with Crippen molar-refractivity contribution in [2.75, 3.05) is 0 Å². The molecule has 1 N–H and O–H groups in total. The number of aliphatic hydroxyl groups is 1. The van der Waals surface area contributed by atoms with Crippen molar-refractivity contribution in [1.82, 2.24) is 0 Å². The maximum atomic E-state index is 9.21. The normalized spacial score (nSPS) is 10.2. The van der Waals surface area contributed by atoms with Crippen molar-refractivity contribution >= 4 is 0 Å². The molecule has 0 bridgehead atoms. The highest BCUT2D eigenvalue weighted by Gasteiger charge is 1.95. The van der Waals surface area contributed by atoms with Crippen molar-refractivity contribution in [3.63, 3.8) is 0 Å². The van der Waals surface area contributed by atoms with Crippen molar-refractivity contribution in [2.24, 2.45) is 0 Å². The molecule has 0 saturated heterocycles. The molecule has 64 valence electrons. The molecule has 0 amide bonds. The van der Waals surface area contributed by atoms with Crippen LogP contribution in [0.15, 0.2) is 12.7 Å². The van der Waals surface area contributed by atoms with Crippen LogP contribution in [0, 0.1) is 23.7 Å². The summed E-state index contributed by atoms with van der Waals surface area (Å²) in [5.74, 6) is 10.3. The lowest BCUT2D eigenvalue weighted by molar-refractivity contribution is 0.218. The average molecular weight is 162 g/mol. The second-order valence-corrected chi connectivity index (χ2v) is 2.40. The van der Waals surface area contributed by atoms with E-state index in [4.69, 9.17) is 0 Å². The Bertz CT molecular complexity index is 231. The summed E-state index contributed by atoms with van der Waals surface area (Å²) in [6.07, 6.45) is 3.78. The molecule has 0 aliphatic rings. The molecular weight excluding hydrogens is 148 g/mol. The van der Waals surface area contributed by atoms with Gasteiger partial charge in [0.15, 0.2) is 0 Å². The molecular formula is C11H14O. The maximum absolute atomic E-state index is 9.21. The van der Waals surface area contributed by atoms with E-state index in [2.05, 4.69) is 37.2 Å². The Balaban J connectivity index is 3.70. The van der Waals surface area contributed by atoms with Gasteiger partial charge in [-0.2, -0.15) is 0 Å². The molecule has 0 rings (SSSR count). The molecule has 0 spiro atoms. The number of aliphatic hydroxyl groups excluding tert-OH is 1. The topological polar surface area (TPSA) is 20.2 Å². The molecule has 0 aromatic carbocycles. The van der Waals surface area contributed by atoms with Crippen molar-refractivity contribution < 1.29 is 5.11 Å². The molecule has 1 unspecified atom stereocenters. The SMILES string of the molecule is C=CC#CC#CC(O)CCCC. The molecule has 0 heterocycles. The first-order valence-corrected chi connectivity index (χ1v) is 4.11. The standard InChI is InChI=1S/C11H14O/c1-3-5-7-8-10-11(12)9-6-4-2/h3,11-12H,1,4,6,9H2,2H3. The van der Waals surface area contributed by atoms with Crippen molar-refractivity contribution in [3.8, 4) is 23.7 Å². The zero-order valence-electron chi connectivity index (χ0n) is 7.43. The molecule has 0 aliphatic heterocycles. The van der Waals surface area contributed by atoms with Crippen LogP contribution in [-0.2, 0) is 0 Å². The first kappa shape index (κ1) is 10.8. The molecule has 0 aromatic heterocycles. The summed E-state index contributed by atoms with van der Waals surface area (Å²) in [5, 5.41) is 9.21. The molecule has 0 aliphatic carbocycles. The van der Waals surface area contributed by atoms with Gasteiger partial charge in [-0.25, -0.2) is 0 Å². The summed E-state index contributed by atoms with van der Waals surface area (Å²) in [7, 11) is 0. The van der Waals surface area contributed by atoms with E-state index >= 15 is 0 Å². The van der Waals surface area contributed by atoms with Gasteiger partial charge in [-0.1, -0.05) is 38.2 Å². The third kappa shape index (κ3) is 6.93. The lowest BCUT2D eigenvalue weighted by Gasteiger charge is -1.98. The van der Waals surface area contributed by atoms with Crippen molar-refractivity contribution in [3.05, 3.63) is 12.7 Å². The van der Waals surface area contributed by atoms with Gasteiger partial charge in [-0.3, -0.25) is 0 Å². The average Bonchev–Trinajstić information content (AvgIpc) is 2.09. The van der Waals surface area contributed by atoms with Crippen LogP contribution in [0.4, 0.5) is 0 Å². The highest BCUT2D eigenvalue weighted by molar-refractivity contribution is 5.30. The second kappa shape index (κ2) is 7.92. The minimum atomic E-state index is -0.524. The van der Waals surface area contributed by atoms with Gasteiger partial charge in [0, 0.05) is 0 Å². The summed E-state index contributed by atoms with van der Waals surface area (Å²) >= 11 is 0. The Kier molecular flexibility index (Phi) is 7.14. The third-order valence-electron chi connectivity index (χ3n) is 1.31. The number of unbranched alkanes of at least 4 members (excludes halogenated alkanes) is 1. The highest BCUT2D eigenvalue weighted by Crippen LogP contribution is 1.97. The van der Waals surface area contributed by atoms with Gasteiger partial charge >= 0.3 is 0 Å². The predicted molar refractivity (Wildman–Crippen MR) is 51.3 cm³/mol. The first-order valence-electron chi connectivity index (χ1n) is 4.11. The minimum absolute atomic E-state index is 0.524. The largest absolute Gasteiger partial charge is 0.380 e. The van der Waals surface area contributed by atoms with Gasteiger partial charge in [0.2, 0.25) is 0 Å². The van der Waals surface area contributed by atoms with Gasteiger partial charge in [0.05, 0.1) is 0 Å². The van der Waals surface area contributed by atoms with E-state index in [1.54, 1.807) is 0 Å². The van der Waals surface area contributed by atoms with Gasteiger partial charge < -0.3 is 5.11 Å². The summed E-state index contributed by atoms with van der Waals surface area (Å²) < 4.78 is 0. The molecule has 0 fully saturated rings. The van der Waals surface area contributed by atoms with Gasteiger partial charge in [0.25, 0.3) is 0 Å². The van der Waals surface area contributed by atoms with E-state index in [9.17, 15) is 5.11 Å². The van der Waals surface area contributed by atoms with E-state index in [-0.39, 0.29) is 0 Å². The quantitative estimate of drug-likeness (QED) is 0.627. The summed E-state index contributed by atoms with van der Waals surface area (Å²) in [6.45, 7) is 5.50. The molecule has 0 radical (unpaired) electrons. The van der Waals surface area contributed by atoms with Crippen LogP contribution in [-0.4, -0.2) is 11.2 Å². The Morgan fingerprint density at radius 1 is 1.50 bits per heavy atom. The molecule has 0 saturated carbocycles. The Hall–Kier alpha value is -1.18. The van der Waals surface area contributed by atoms with Gasteiger partial charge in [-0.05, 0) is 24.3 Å². The van der Waals surface area contributed by atoms with E-state index in [0.717, 1.165) is 19.3 Å². The molecule has 0 aromatic rings. The van der Waals surface area contributed by atoms with Crippen LogP contribution >= 0.6 is 0 Å². The van der Waals surface area contributed by atoms with Crippen molar-refractivity contribution in [1.29, 1.82) is 0 Å². The monoisotopic (exact) mass is 162 g/mol. The van der Waals surface area contributed by atoms with Crippen LogP contribution in [0.5, 0.6) is 0 Å². The number of allylic oxidation sites excluding steroid dienone is 1. The van der Waals surface area contributed by atoms with E-state index in [0.29, 0.717) is 0 Å². The lowest BCUT2D eigenvalue weighted by Crippen LogP contribution is -2.01. The highest BCUT2D eigenvalue weighted by atomic mass is 16.3. The summed E-state index contributed by atoms with van der Waals surface area (Å²) in [6, 6.07) is 0. The zero-order chi connectivity index (χ0) is 9.23. The minimum Gasteiger partial charge on any atom is -0.380 e. The number of rotatable bonds is 3. The zero-order valence-corrected chi connectivity index (χ0v) is 7.43. The van der Waals surface area contributed by atoms with Crippen LogP contribution in [0.2, 0.25) is 0 Å². The van der Waals surface area contributed by atoms with Gasteiger partial charge in [0.1, 0.15) is 6.10 Å². The fraction of sp³-hybridized carbons (Fsp3) is 0.455. The fourth-order valence-electron chi connectivity index (χ4n) is 0.676. The third-order valence-corrected chi connectivity index (χ3v) is 1.31. The Morgan fingerprint density at radius 2 is 2.25 bits per heavy atom. The Morgan fingerprint density at radius 3 is 2.83 bits per heavy atom. The van der Waals surface area contributed by atoms with E-state index in [1.165, 1.54) is 6.08 Å².